The van der Waals surface area contributed by atoms with Gasteiger partial charge in [-0.1, -0.05) is 6.07 Å². The molecule has 0 saturated carbocycles. The predicted molar refractivity (Wildman–Crippen MR) is 104 cm³/mol. The zero-order chi connectivity index (χ0) is 22.8. The van der Waals surface area contributed by atoms with Crippen LogP contribution < -0.4 is 0 Å². The van der Waals surface area contributed by atoms with Crippen molar-refractivity contribution in [1.29, 1.82) is 0 Å². The summed E-state index contributed by atoms with van der Waals surface area (Å²) in [7, 11) is -2.72. The number of nitrogens with zero attached hydrogens (tertiary/aromatic N) is 2. The molecule has 1 saturated heterocycles. The Bertz CT molecular complexity index is 1090. The molecule has 11 heteroatoms. The molecule has 31 heavy (non-hydrogen) atoms. The quantitative estimate of drug-likeness (QED) is 0.594. The first kappa shape index (κ1) is 22.9. The van der Waals surface area contributed by atoms with E-state index in [0.717, 1.165) is 22.5 Å². The Morgan fingerprint density at radius 3 is 2.65 bits per heavy atom. The van der Waals surface area contributed by atoms with Crippen molar-refractivity contribution >= 4 is 21.9 Å². The summed E-state index contributed by atoms with van der Waals surface area (Å²) in [6.45, 7) is 1.80. The van der Waals surface area contributed by atoms with Crippen molar-refractivity contribution in [2.75, 3.05) is 20.2 Å². The number of hydrogen-bond donors (Lipinski definition) is 0. The van der Waals surface area contributed by atoms with Gasteiger partial charge in [0.25, 0.3) is 10.0 Å². The SMILES string of the molecule is CCOC(=O)c1ccc(S(=O)(=O)N2CCCC2C(=O)N(C)Cc2ccc(F)c(F)c2)o1. The third-order valence-corrected chi connectivity index (χ3v) is 6.67. The molecule has 1 aromatic heterocycles. The number of carbonyl (C=O) groups excluding carboxylic acids is 2. The summed E-state index contributed by atoms with van der Waals surface area (Å²) < 4.78 is 63.6. The molecule has 3 rings (SSSR count). The molecule has 1 aromatic carbocycles. The molecule has 0 N–H and O–H groups in total. The normalized spacial score (nSPS) is 17.0. The van der Waals surface area contributed by atoms with E-state index in [1.165, 1.54) is 24.1 Å². The molecule has 8 nitrogen and oxygen atoms in total. The number of amides is 1. The summed E-state index contributed by atoms with van der Waals surface area (Å²) in [6, 6.07) is 4.68. The minimum atomic E-state index is -4.18. The van der Waals surface area contributed by atoms with Gasteiger partial charge >= 0.3 is 5.97 Å². The van der Waals surface area contributed by atoms with Crippen LogP contribution in [0.1, 0.15) is 35.9 Å². The van der Waals surface area contributed by atoms with Crippen LogP contribution in [0.3, 0.4) is 0 Å². The zero-order valence-electron chi connectivity index (χ0n) is 17.0. The molecule has 0 bridgehead atoms. The number of benzene rings is 1. The molecule has 0 aliphatic carbocycles. The van der Waals surface area contributed by atoms with Gasteiger partial charge in [-0.2, -0.15) is 4.31 Å². The van der Waals surface area contributed by atoms with E-state index < -0.39 is 44.7 Å². The maximum absolute atomic E-state index is 13.4. The van der Waals surface area contributed by atoms with Crippen molar-refractivity contribution < 1.29 is 35.9 Å². The second-order valence-corrected chi connectivity index (χ2v) is 8.88. The third-order valence-electron chi connectivity index (χ3n) is 4.89. The summed E-state index contributed by atoms with van der Waals surface area (Å²) in [4.78, 5) is 25.9. The molecule has 2 aromatic rings. The molecule has 2 heterocycles. The van der Waals surface area contributed by atoms with Gasteiger partial charge in [-0.25, -0.2) is 22.0 Å². The minimum Gasteiger partial charge on any atom is -0.460 e. The van der Waals surface area contributed by atoms with Gasteiger partial charge in [0.1, 0.15) is 6.04 Å². The molecule has 1 atom stereocenters. The summed E-state index contributed by atoms with van der Waals surface area (Å²) >= 11 is 0. The monoisotopic (exact) mass is 456 g/mol. The Hall–Kier alpha value is -2.79. The molecular weight excluding hydrogens is 434 g/mol. The maximum atomic E-state index is 13.4. The molecule has 1 unspecified atom stereocenters. The van der Waals surface area contributed by atoms with Gasteiger partial charge in [0, 0.05) is 20.1 Å². The number of carbonyl (C=O) groups is 2. The van der Waals surface area contributed by atoms with Gasteiger partial charge in [0.2, 0.25) is 16.8 Å². The van der Waals surface area contributed by atoms with E-state index in [-0.39, 0.29) is 25.5 Å². The first-order valence-corrected chi connectivity index (χ1v) is 11.1. The lowest BCUT2D eigenvalue weighted by Gasteiger charge is -2.27. The Morgan fingerprint density at radius 1 is 1.23 bits per heavy atom. The molecule has 1 aliphatic rings. The second kappa shape index (κ2) is 9.15. The van der Waals surface area contributed by atoms with Crippen molar-refractivity contribution in [1.82, 2.24) is 9.21 Å². The van der Waals surface area contributed by atoms with Crippen molar-refractivity contribution in [3.05, 3.63) is 53.3 Å². The van der Waals surface area contributed by atoms with Crippen LogP contribution in [0, 0.1) is 11.6 Å². The lowest BCUT2D eigenvalue weighted by Crippen LogP contribution is -2.46. The third kappa shape index (κ3) is 4.77. The van der Waals surface area contributed by atoms with Gasteiger partial charge in [0.05, 0.1) is 6.61 Å². The highest BCUT2D eigenvalue weighted by Crippen LogP contribution is 2.28. The standard InChI is InChI=1S/C20H22F2N2O6S/c1-3-29-20(26)17-8-9-18(30-17)31(27,28)24-10-4-5-16(24)19(25)23(2)12-13-6-7-14(21)15(22)11-13/h6-9,11,16H,3-5,10,12H2,1-2H3. The Kier molecular flexibility index (Phi) is 6.75. The van der Waals surface area contributed by atoms with Gasteiger partial charge in [-0.05, 0) is 49.6 Å². The van der Waals surface area contributed by atoms with E-state index in [0.29, 0.717) is 18.4 Å². The molecule has 168 valence electrons. The Labute approximate surface area is 178 Å². The average Bonchev–Trinajstić information content (AvgIpc) is 3.41. The van der Waals surface area contributed by atoms with Crippen LogP contribution in [0.15, 0.2) is 39.8 Å². The Balaban J connectivity index is 1.76. The van der Waals surface area contributed by atoms with Crippen LogP contribution in [0.25, 0.3) is 0 Å². The van der Waals surface area contributed by atoms with Crippen molar-refractivity contribution in [3.63, 3.8) is 0 Å². The number of rotatable bonds is 7. The zero-order valence-corrected chi connectivity index (χ0v) is 17.8. The fraction of sp³-hybridized carbons (Fsp3) is 0.400. The average molecular weight is 456 g/mol. The van der Waals surface area contributed by atoms with Crippen LogP contribution in [0.4, 0.5) is 8.78 Å². The topological polar surface area (TPSA) is 97.1 Å². The van der Waals surface area contributed by atoms with E-state index in [1.54, 1.807) is 6.92 Å². The highest BCUT2D eigenvalue weighted by molar-refractivity contribution is 7.89. The van der Waals surface area contributed by atoms with E-state index in [9.17, 15) is 26.8 Å². The summed E-state index contributed by atoms with van der Waals surface area (Å²) in [5.41, 5.74) is 0.368. The van der Waals surface area contributed by atoms with Crippen molar-refractivity contribution in [3.8, 4) is 0 Å². The lowest BCUT2D eigenvalue weighted by molar-refractivity contribution is -0.133. The number of halogens is 2. The van der Waals surface area contributed by atoms with Gasteiger partial charge in [-0.3, -0.25) is 4.79 Å². The first-order chi connectivity index (χ1) is 14.6. The van der Waals surface area contributed by atoms with E-state index >= 15 is 0 Å². The largest absolute Gasteiger partial charge is 0.460 e. The number of sulfonamides is 1. The van der Waals surface area contributed by atoms with Crippen LogP contribution in [0.5, 0.6) is 0 Å². The summed E-state index contributed by atoms with van der Waals surface area (Å²) in [5, 5.41) is -0.460. The minimum absolute atomic E-state index is 0.0197. The lowest BCUT2D eigenvalue weighted by atomic mass is 10.1. The van der Waals surface area contributed by atoms with Crippen molar-refractivity contribution in [2.45, 2.75) is 37.4 Å². The molecule has 0 spiro atoms. The van der Waals surface area contributed by atoms with Crippen LogP contribution in [-0.4, -0.2) is 55.7 Å². The maximum Gasteiger partial charge on any atom is 0.374 e. The highest BCUT2D eigenvalue weighted by Gasteiger charge is 2.42. The van der Waals surface area contributed by atoms with E-state index in [1.807, 2.05) is 0 Å². The van der Waals surface area contributed by atoms with Crippen LogP contribution in [0.2, 0.25) is 0 Å². The first-order valence-electron chi connectivity index (χ1n) is 9.63. The van der Waals surface area contributed by atoms with Crippen LogP contribution >= 0.6 is 0 Å². The number of hydrogen-bond acceptors (Lipinski definition) is 6. The van der Waals surface area contributed by atoms with E-state index in [2.05, 4.69) is 0 Å². The molecular formula is C20H22F2N2O6S. The highest BCUT2D eigenvalue weighted by atomic mass is 32.2. The molecule has 1 fully saturated rings. The van der Waals surface area contributed by atoms with Gasteiger partial charge in [0.15, 0.2) is 11.6 Å². The van der Waals surface area contributed by atoms with Crippen LogP contribution in [-0.2, 0) is 26.1 Å². The fourth-order valence-electron chi connectivity index (χ4n) is 3.41. The molecule has 1 amide bonds. The molecule has 1 aliphatic heterocycles. The summed E-state index contributed by atoms with van der Waals surface area (Å²) in [5.74, 6) is -3.55. The molecule has 0 radical (unpaired) electrons. The second-order valence-electron chi connectivity index (χ2n) is 7.06. The number of furan rings is 1. The smallest absolute Gasteiger partial charge is 0.374 e. The Morgan fingerprint density at radius 2 is 1.97 bits per heavy atom. The number of likely N-dealkylation sites (N-methyl/N-ethyl adjacent to an activating group) is 1. The summed E-state index contributed by atoms with van der Waals surface area (Å²) in [6.07, 6.45) is 0.756. The fourth-order valence-corrected chi connectivity index (χ4v) is 4.97. The predicted octanol–water partition coefficient (Wildman–Crippen LogP) is 2.55. The van der Waals surface area contributed by atoms with Crippen molar-refractivity contribution in [2.24, 2.45) is 0 Å². The van der Waals surface area contributed by atoms with Gasteiger partial charge in [-0.15, -0.1) is 0 Å². The van der Waals surface area contributed by atoms with E-state index in [4.69, 9.17) is 9.15 Å². The number of esters is 1. The van der Waals surface area contributed by atoms with Gasteiger partial charge < -0.3 is 14.1 Å². The number of ether oxygens (including phenoxy) is 1.